The first-order chi connectivity index (χ1) is 17.0. The Morgan fingerprint density at radius 1 is 1.03 bits per heavy atom. The molecule has 0 aliphatic heterocycles. The predicted octanol–water partition coefficient (Wildman–Crippen LogP) is 6.16. The summed E-state index contributed by atoms with van der Waals surface area (Å²) in [7, 11) is 1.60. The van der Waals surface area contributed by atoms with Crippen molar-refractivity contribution in [1.29, 1.82) is 0 Å². The lowest BCUT2D eigenvalue weighted by Gasteiger charge is -2.32. The molecule has 4 aromatic rings. The average molecular weight is 534 g/mol. The number of aromatic nitrogens is 2. The zero-order valence-electron chi connectivity index (χ0n) is 20.1. The Morgan fingerprint density at radius 2 is 1.71 bits per heavy atom. The zero-order chi connectivity index (χ0) is 24.9. The Kier molecular flexibility index (Phi) is 7.66. The van der Waals surface area contributed by atoms with Gasteiger partial charge in [-0.3, -0.25) is 14.2 Å². The molecule has 0 spiro atoms. The Labute approximate surface area is 213 Å². The zero-order valence-corrected chi connectivity index (χ0v) is 21.7. The molecule has 0 saturated carbocycles. The fraction of sp³-hybridized carbons (Fsp3) is 0.250. The monoisotopic (exact) mass is 533 g/mol. The molecule has 0 radical (unpaired) electrons. The summed E-state index contributed by atoms with van der Waals surface area (Å²) >= 11 is 3.44. The van der Waals surface area contributed by atoms with Gasteiger partial charge in [0.1, 0.15) is 11.6 Å². The van der Waals surface area contributed by atoms with Crippen LogP contribution >= 0.6 is 15.9 Å². The van der Waals surface area contributed by atoms with Crippen LogP contribution < -0.4 is 10.3 Å². The summed E-state index contributed by atoms with van der Waals surface area (Å²) in [6.07, 6.45) is 1.38. The van der Waals surface area contributed by atoms with Crippen molar-refractivity contribution in [2.45, 2.75) is 32.7 Å². The highest BCUT2D eigenvalue weighted by Crippen LogP contribution is 2.28. The number of halogens is 1. The molecule has 0 saturated heterocycles. The van der Waals surface area contributed by atoms with E-state index in [1.54, 1.807) is 17.7 Å². The number of benzene rings is 3. The van der Waals surface area contributed by atoms with Crippen LogP contribution in [-0.2, 0) is 0 Å². The van der Waals surface area contributed by atoms with E-state index in [9.17, 15) is 9.59 Å². The van der Waals surface area contributed by atoms with Crippen LogP contribution in [0, 0.1) is 0 Å². The number of carbonyl (C=O) groups is 1. The van der Waals surface area contributed by atoms with Crippen molar-refractivity contribution in [2.24, 2.45) is 0 Å². The van der Waals surface area contributed by atoms with E-state index < -0.39 is 6.04 Å². The number of carbonyl (C=O) groups excluding carboxylic acids is 1. The van der Waals surface area contributed by atoms with E-state index in [2.05, 4.69) is 15.9 Å². The summed E-state index contributed by atoms with van der Waals surface area (Å²) in [4.78, 5) is 34.2. The molecule has 0 fully saturated rings. The highest BCUT2D eigenvalue weighted by molar-refractivity contribution is 9.10. The van der Waals surface area contributed by atoms with Crippen molar-refractivity contribution < 1.29 is 9.53 Å². The van der Waals surface area contributed by atoms with Crippen molar-refractivity contribution >= 4 is 32.7 Å². The van der Waals surface area contributed by atoms with Gasteiger partial charge < -0.3 is 9.64 Å². The highest BCUT2D eigenvalue weighted by Gasteiger charge is 2.29. The van der Waals surface area contributed by atoms with Crippen LogP contribution in [0.25, 0.3) is 16.6 Å². The van der Waals surface area contributed by atoms with Gasteiger partial charge in [-0.2, -0.15) is 0 Å². The molecule has 0 bridgehead atoms. The second kappa shape index (κ2) is 10.9. The Hall–Kier alpha value is -3.45. The summed E-state index contributed by atoms with van der Waals surface area (Å²) in [5.41, 5.74) is 1.72. The van der Waals surface area contributed by atoms with Crippen LogP contribution in [0.2, 0.25) is 0 Å². The molecule has 35 heavy (non-hydrogen) atoms. The van der Waals surface area contributed by atoms with Crippen molar-refractivity contribution in [3.63, 3.8) is 0 Å². The van der Waals surface area contributed by atoms with E-state index in [0.29, 0.717) is 46.7 Å². The SMILES string of the molecule is CCCN(C(=O)c1ccc(Br)cc1)C(CC)c1nc2ccccc2c(=O)n1-c1ccc(OC)cc1. The van der Waals surface area contributed by atoms with Gasteiger partial charge in [0.2, 0.25) is 0 Å². The van der Waals surface area contributed by atoms with Gasteiger partial charge in [0.05, 0.1) is 29.7 Å². The minimum absolute atomic E-state index is 0.0881. The molecule has 6 nitrogen and oxygen atoms in total. The molecule has 1 atom stereocenters. The molecule has 1 heterocycles. The van der Waals surface area contributed by atoms with E-state index >= 15 is 0 Å². The number of rotatable bonds is 8. The van der Waals surface area contributed by atoms with Crippen molar-refractivity contribution in [3.8, 4) is 11.4 Å². The van der Waals surface area contributed by atoms with Gasteiger partial charge in [-0.25, -0.2) is 4.98 Å². The predicted molar refractivity (Wildman–Crippen MR) is 142 cm³/mol. The Morgan fingerprint density at radius 3 is 2.34 bits per heavy atom. The fourth-order valence-electron chi connectivity index (χ4n) is 4.29. The first kappa shape index (κ1) is 24.7. The average Bonchev–Trinajstić information content (AvgIpc) is 2.89. The lowest BCUT2D eigenvalue weighted by Crippen LogP contribution is -2.39. The van der Waals surface area contributed by atoms with Crippen molar-refractivity contribution in [1.82, 2.24) is 14.5 Å². The van der Waals surface area contributed by atoms with Gasteiger partial charge in [0, 0.05) is 16.6 Å². The number of hydrogen-bond acceptors (Lipinski definition) is 4. The second-order valence-electron chi connectivity index (χ2n) is 8.26. The maximum Gasteiger partial charge on any atom is 0.266 e. The van der Waals surface area contributed by atoms with Crippen LogP contribution in [0.5, 0.6) is 5.75 Å². The van der Waals surface area contributed by atoms with E-state index in [0.717, 1.165) is 10.9 Å². The molecule has 0 aliphatic rings. The number of fused-ring (bicyclic) bond motifs is 1. The van der Waals surface area contributed by atoms with Gasteiger partial charge >= 0.3 is 0 Å². The fourth-order valence-corrected chi connectivity index (χ4v) is 4.56. The topological polar surface area (TPSA) is 64.4 Å². The van der Waals surface area contributed by atoms with E-state index in [1.165, 1.54) is 0 Å². The van der Waals surface area contributed by atoms with Crippen molar-refractivity contribution in [3.05, 3.63) is 99.0 Å². The quantitative estimate of drug-likeness (QED) is 0.272. The maximum atomic E-state index is 13.8. The Bertz CT molecular complexity index is 1380. The standard InChI is InChI=1S/C28H28BrN3O3/c1-4-18-31(27(33)19-10-12-20(29)13-11-19)25(5-2)26-30-24-9-7-6-8-23(24)28(34)32(26)21-14-16-22(35-3)17-15-21/h6-17,25H,4-5,18H2,1-3H3. The first-order valence-electron chi connectivity index (χ1n) is 11.7. The minimum atomic E-state index is -0.398. The molecule has 0 N–H and O–H groups in total. The van der Waals surface area contributed by atoms with E-state index in [4.69, 9.17) is 9.72 Å². The second-order valence-corrected chi connectivity index (χ2v) is 9.17. The molecule has 0 aliphatic carbocycles. The number of para-hydroxylation sites is 1. The first-order valence-corrected chi connectivity index (χ1v) is 12.5. The van der Waals surface area contributed by atoms with Gasteiger partial charge in [-0.15, -0.1) is 0 Å². The lowest BCUT2D eigenvalue weighted by atomic mass is 10.1. The third-order valence-corrected chi connectivity index (χ3v) is 6.54. The molecule has 3 aromatic carbocycles. The summed E-state index contributed by atoms with van der Waals surface area (Å²) < 4.78 is 7.85. The van der Waals surface area contributed by atoms with Gasteiger partial charge in [0.25, 0.3) is 11.5 Å². The van der Waals surface area contributed by atoms with Crippen LogP contribution in [0.4, 0.5) is 0 Å². The van der Waals surface area contributed by atoms with E-state index in [-0.39, 0.29) is 11.5 Å². The molecule has 1 unspecified atom stereocenters. The third-order valence-electron chi connectivity index (χ3n) is 6.01. The maximum absolute atomic E-state index is 13.8. The van der Waals surface area contributed by atoms with Crippen LogP contribution in [0.15, 0.2) is 82.1 Å². The molecule has 7 heteroatoms. The molecule has 1 amide bonds. The number of methoxy groups -OCH3 is 1. The lowest BCUT2D eigenvalue weighted by molar-refractivity contribution is 0.0659. The number of amides is 1. The van der Waals surface area contributed by atoms with E-state index in [1.807, 2.05) is 85.5 Å². The molecule has 4 rings (SSSR count). The molecular weight excluding hydrogens is 506 g/mol. The number of ether oxygens (including phenoxy) is 1. The summed E-state index contributed by atoms with van der Waals surface area (Å²) in [5, 5.41) is 0.531. The van der Waals surface area contributed by atoms with Crippen LogP contribution in [-0.4, -0.2) is 34.0 Å². The summed E-state index contributed by atoms with van der Waals surface area (Å²) in [6, 6.07) is 21.6. The smallest absolute Gasteiger partial charge is 0.266 e. The molecule has 1 aromatic heterocycles. The number of nitrogens with zero attached hydrogens (tertiary/aromatic N) is 3. The van der Waals surface area contributed by atoms with Gasteiger partial charge in [-0.05, 0) is 73.5 Å². The molecule has 180 valence electrons. The van der Waals surface area contributed by atoms with Crippen molar-refractivity contribution in [2.75, 3.05) is 13.7 Å². The normalized spacial score (nSPS) is 11.9. The molecular formula is C28H28BrN3O3. The third kappa shape index (κ3) is 5.00. The van der Waals surface area contributed by atoms with Gasteiger partial charge in [0.15, 0.2) is 0 Å². The summed E-state index contributed by atoms with van der Waals surface area (Å²) in [5.74, 6) is 1.15. The summed E-state index contributed by atoms with van der Waals surface area (Å²) in [6.45, 7) is 4.60. The Balaban J connectivity index is 1.92. The largest absolute Gasteiger partial charge is 0.497 e. The number of hydrogen-bond donors (Lipinski definition) is 0. The highest BCUT2D eigenvalue weighted by atomic mass is 79.9. The minimum Gasteiger partial charge on any atom is -0.497 e. The van der Waals surface area contributed by atoms with Gasteiger partial charge in [-0.1, -0.05) is 41.9 Å². The van der Waals surface area contributed by atoms with Crippen LogP contribution in [0.3, 0.4) is 0 Å². The van der Waals surface area contributed by atoms with Crippen LogP contribution in [0.1, 0.15) is 48.9 Å².